The first-order valence-electron chi connectivity index (χ1n) is 9.22. The second-order valence-corrected chi connectivity index (χ2v) is 7.36. The molecule has 4 rings (SSSR count). The zero-order valence-electron chi connectivity index (χ0n) is 16.3. The first-order chi connectivity index (χ1) is 14.2. The van der Waals surface area contributed by atoms with Crippen LogP contribution in [0, 0.1) is 12.3 Å². The van der Waals surface area contributed by atoms with Crippen molar-refractivity contribution in [3.63, 3.8) is 0 Å². The Morgan fingerprint density at radius 2 is 1.48 bits per heavy atom. The first-order valence-corrected chi connectivity index (χ1v) is 10.0. The van der Waals surface area contributed by atoms with Crippen LogP contribution in [0.15, 0.2) is 71.2 Å². The number of benzene rings is 3. The third-order valence-corrected chi connectivity index (χ3v) is 5.76. The SMILES string of the molecule is C#CCn1c(-c2ccccc2)c(-c2ccccc2)c2c(OC)cc(OC)c(Br)c21. The van der Waals surface area contributed by atoms with Crippen LogP contribution in [0.1, 0.15) is 0 Å². The van der Waals surface area contributed by atoms with E-state index in [1.165, 1.54) is 0 Å². The minimum Gasteiger partial charge on any atom is -0.496 e. The molecule has 0 unspecified atom stereocenters. The molecule has 0 radical (unpaired) electrons. The maximum Gasteiger partial charge on any atom is 0.138 e. The number of nitrogens with zero attached hydrogens (tertiary/aromatic N) is 1. The van der Waals surface area contributed by atoms with E-state index in [-0.39, 0.29) is 0 Å². The standard InChI is InChI=1S/C25H20BrNO2/c1-4-15-27-24(18-13-9-6-10-14-18)21(17-11-7-5-8-12-17)22-19(28-2)16-20(29-3)23(26)25(22)27/h1,5-14,16H,15H2,2-3H3. The minimum absolute atomic E-state index is 0.419. The molecule has 0 N–H and O–H groups in total. The summed E-state index contributed by atoms with van der Waals surface area (Å²) in [6.45, 7) is 0.419. The maximum atomic E-state index is 5.80. The van der Waals surface area contributed by atoms with E-state index in [1.807, 2.05) is 42.5 Å². The number of hydrogen-bond acceptors (Lipinski definition) is 2. The second-order valence-electron chi connectivity index (χ2n) is 6.56. The molecule has 144 valence electrons. The lowest BCUT2D eigenvalue weighted by Crippen LogP contribution is -2.00. The molecule has 0 bridgehead atoms. The topological polar surface area (TPSA) is 23.4 Å². The first kappa shape index (κ1) is 19.2. The molecule has 0 atom stereocenters. The summed E-state index contributed by atoms with van der Waals surface area (Å²) >= 11 is 3.75. The number of terminal acetylenes is 1. The fourth-order valence-corrected chi connectivity index (χ4v) is 4.49. The minimum atomic E-state index is 0.419. The van der Waals surface area contributed by atoms with E-state index in [2.05, 4.69) is 50.7 Å². The smallest absolute Gasteiger partial charge is 0.138 e. The van der Waals surface area contributed by atoms with Gasteiger partial charge in [-0.05, 0) is 27.1 Å². The molecule has 1 heterocycles. The van der Waals surface area contributed by atoms with Gasteiger partial charge in [-0.2, -0.15) is 0 Å². The number of aromatic nitrogens is 1. The highest BCUT2D eigenvalue weighted by molar-refractivity contribution is 9.10. The predicted octanol–water partition coefficient (Wildman–Crippen LogP) is 6.39. The van der Waals surface area contributed by atoms with Crippen molar-refractivity contribution in [1.82, 2.24) is 4.57 Å². The summed E-state index contributed by atoms with van der Waals surface area (Å²) in [6, 6.07) is 22.5. The van der Waals surface area contributed by atoms with Gasteiger partial charge in [-0.25, -0.2) is 0 Å². The molecule has 4 aromatic rings. The van der Waals surface area contributed by atoms with Gasteiger partial charge in [0.2, 0.25) is 0 Å². The van der Waals surface area contributed by atoms with Crippen molar-refractivity contribution >= 4 is 26.8 Å². The molecule has 0 aliphatic rings. The lowest BCUT2D eigenvalue weighted by atomic mass is 9.98. The van der Waals surface area contributed by atoms with Gasteiger partial charge in [-0.3, -0.25) is 0 Å². The van der Waals surface area contributed by atoms with Gasteiger partial charge in [0, 0.05) is 11.6 Å². The predicted molar refractivity (Wildman–Crippen MR) is 122 cm³/mol. The zero-order valence-corrected chi connectivity index (χ0v) is 17.9. The third kappa shape index (κ3) is 3.18. The quantitative estimate of drug-likeness (QED) is 0.332. The molecule has 3 nitrogen and oxygen atoms in total. The van der Waals surface area contributed by atoms with Crippen molar-refractivity contribution in [3.8, 4) is 46.2 Å². The molecular weight excluding hydrogens is 426 g/mol. The Balaban J connectivity index is 2.27. The van der Waals surface area contributed by atoms with Crippen LogP contribution in [0.4, 0.5) is 0 Å². The van der Waals surface area contributed by atoms with Gasteiger partial charge >= 0.3 is 0 Å². The number of hydrogen-bond donors (Lipinski definition) is 0. The monoisotopic (exact) mass is 445 g/mol. The molecule has 0 amide bonds. The molecule has 4 heteroatoms. The third-order valence-electron chi connectivity index (χ3n) is 5.00. The van der Waals surface area contributed by atoms with Crippen molar-refractivity contribution < 1.29 is 9.47 Å². The van der Waals surface area contributed by atoms with Crippen molar-refractivity contribution in [2.75, 3.05) is 14.2 Å². The molecule has 1 aromatic heterocycles. The summed E-state index contributed by atoms with van der Waals surface area (Å²) in [4.78, 5) is 0. The number of ether oxygens (including phenoxy) is 2. The summed E-state index contributed by atoms with van der Waals surface area (Å²) < 4.78 is 14.4. The largest absolute Gasteiger partial charge is 0.496 e. The van der Waals surface area contributed by atoms with Gasteiger partial charge in [-0.15, -0.1) is 6.42 Å². The van der Waals surface area contributed by atoms with Gasteiger partial charge < -0.3 is 14.0 Å². The highest BCUT2D eigenvalue weighted by Crippen LogP contribution is 2.49. The van der Waals surface area contributed by atoms with Crippen LogP contribution in [-0.2, 0) is 6.54 Å². The van der Waals surface area contributed by atoms with Gasteiger partial charge in [0.05, 0.1) is 41.8 Å². The van der Waals surface area contributed by atoms with E-state index >= 15 is 0 Å². The summed E-state index contributed by atoms with van der Waals surface area (Å²) in [6.07, 6.45) is 5.79. The van der Waals surface area contributed by atoms with Gasteiger partial charge in [0.15, 0.2) is 0 Å². The van der Waals surface area contributed by atoms with E-state index in [0.29, 0.717) is 12.3 Å². The number of halogens is 1. The van der Waals surface area contributed by atoms with Crippen LogP contribution in [0.25, 0.3) is 33.3 Å². The molecule has 0 spiro atoms. The average molecular weight is 446 g/mol. The van der Waals surface area contributed by atoms with Crippen LogP contribution in [0.3, 0.4) is 0 Å². The summed E-state index contributed by atoms with van der Waals surface area (Å²) in [7, 11) is 3.33. The lowest BCUT2D eigenvalue weighted by Gasteiger charge is -2.12. The molecule has 0 fully saturated rings. The Hall–Kier alpha value is -3.16. The van der Waals surface area contributed by atoms with Crippen LogP contribution in [0.2, 0.25) is 0 Å². The number of rotatable bonds is 5. The molecular formula is C25H20BrNO2. The average Bonchev–Trinajstić information content (AvgIpc) is 3.11. The molecule has 3 aromatic carbocycles. The van der Waals surface area contributed by atoms with Gasteiger partial charge in [-0.1, -0.05) is 66.6 Å². The molecule has 29 heavy (non-hydrogen) atoms. The van der Waals surface area contributed by atoms with Gasteiger partial charge in [0.1, 0.15) is 11.5 Å². The molecule has 0 aliphatic heterocycles. The van der Waals surface area contributed by atoms with Crippen LogP contribution >= 0.6 is 15.9 Å². The molecule has 0 saturated carbocycles. The Labute approximate surface area is 179 Å². The summed E-state index contributed by atoms with van der Waals surface area (Å²) in [5.74, 6) is 4.25. The fourth-order valence-electron chi connectivity index (χ4n) is 3.80. The van der Waals surface area contributed by atoms with Crippen molar-refractivity contribution in [1.29, 1.82) is 0 Å². The van der Waals surface area contributed by atoms with E-state index < -0.39 is 0 Å². The van der Waals surface area contributed by atoms with Crippen molar-refractivity contribution in [2.24, 2.45) is 0 Å². The van der Waals surface area contributed by atoms with E-state index in [1.54, 1.807) is 14.2 Å². The van der Waals surface area contributed by atoms with Crippen LogP contribution in [0.5, 0.6) is 11.5 Å². The Kier molecular flexibility index (Phi) is 5.33. The Bertz CT molecular complexity index is 1210. The summed E-state index contributed by atoms with van der Waals surface area (Å²) in [5.41, 5.74) is 5.28. The zero-order chi connectivity index (χ0) is 20.4. The normalized spacial score (nSPS) is 10.7. The number of methoxy groups -OCH3 is 2. The van der Waals surface area contributed by atoms with Crippen LogP contribution < -0.4 is 9.47 Å². The van der Waals surface area contributed by atoms with Crippen LogP contribution in [-0.4, -0.2) is 18.8 Å². The lowest BCUT2D eigenvalue weighted by molar-refractivity contribution is 0.396. The Morgan fingerprint density at radius 3 is 2.03 bits per heavy atom. The summed E-state index contributed by atoms with van der Waals surface area (Å²) in [5, 5.41) is 1.00. The molecule has 0 aliphatic carbocycles. The Morgan fingerprint density at radius 1 is 0.897 bits per heavy atom. The highest BCUT2D eigenvalue weighted by atomic mass is 79.9. The van der Waals surface area contributed by atoms with Gasteiger partial charge in [0.25, 0.3) is 0 Å². The number of fused-ring (bicyclic) bond motifs is 1. The highest BCUT2D eigenvalue weighted by Gasteiger charge is 2.26. The maximum absolute atomic E-state index is 5.80. The van der Waals surface area contributed by atoms with Crippen molar-refractivity contribution in [3.05, 3.63) is 71.2 Å². The van der Waals surface area contributed by atoms with E-state index in [0.717, 1.165) is 43.5 Å². The second kappa shape index (κ2) is 8.06. The van der Waals surface area contributed by atoms with E-state index in [9.17, 15) is 0 Å². The molecule has 0 saturated heterocycles. The fraction of sp³-hybridized carbons (Fsp3) is 0.120. The van der Waals surface area contributed by atoms with E-state index in [4.69, 9.17) is 15.9 Å². The van der Waals surface area contributed by atoms with Crippen molar-refractivity contribution in [2.45, 2.75) is 6.54 Å².